The summed E-state index contributed by atoms with van der Waals surface area (Å²) in [6.07, 6.45) is -0.305. The lowest BCUT2D eigenvalue weighted by molar-refractivity contribution is -0.136. The Morgan fingerprint density at radius 2 is 2.05 bits per heavy atom. The largest absolute Gasteiger partial charge is 0.481 e. The minimum Gasteiger partial charge on any atom is -0.481 e. The van der Waals surface area contributed by atoms with Crippen molar-refractivity contribution in [1.29, 1.82) is 0 Å². The van der Waals surface area contributed by atoms with Gasteiger partial charge in [0.25, 0.3) is 10.0 Å². The highest BCUT2D eigenvalue weighted by Crippen LogP contribution is 2.23. The van der Waals surface area contributed by atoms with Gasteiger partial charge in [-0.05, 0) is 18.6 Å². The molecule has 0 fully saturated rings. The van der Waals surface area contributed by atoms with E-state index in [0.29, 0.717) is 16.9 Å². The van der Waals surface area contributed by atoms with Crippen LogP contribution in [0.5, 0.6) is 0 Å². The third-order valence-electron chi connectivity index (χ3n) is 2.63. The predicted molar refractivity (Wildman–Crippen MR) is 78.3 cm³/mol. The highest BCUT2D eigenvalue weighted by Gasteiger charge is 2.22. The SMILES string of the molecule is Cc1[nH]c(=O)sc1S(=O)(=O)Nc1ccccc1CC(=O)O. The first-order valence-corrected chi connectivity index (χ1v) is 8.12. The van der Waals surface area contributed by atoms with Gasteiger partial charge in [-0.3, -0.25) is 14.3 Å². The van der Waals surface area contributed by atoms with Gasteiger partial charge in [0.05, 0.1) is 12.1 Å². The second kappa shape index (κ2) is 5.70. The van der Waals surface area contributed by atoms with Crippen molar-refractivity contribution in [3.8, 4) is 0 Å². The maximum Gasteiger partial charge on any atom is 0.307 e. The zero-order chi connectivity index (χ0) is 15.6. The molecule has 0 bridgehead atoms. The second-order valence-corrected chi connectivity index (χ2v) is 7.12. The molecule has 0 spiro atoms. The molecule has 3 N–H and O–H groups in total. The van der Waals surface area contributed by atoms with Gasteiger partial charge in [0.1, 0.15) is 0 Å². The maximum absolute atomic E-state index is 12.3. The number of aliphatic carboxylic acids is 1. The monoisotopic (exact) mass is 328 g/mol. The third-order valence-corrected chi connectivity index (χ3v) is 5.60. The van der Waals surface area contributed by atoms with E-state index >= 15 is 0 Å². The quantitative estimate of drug-likeness (QED) is 0.762. The summed E-state index contributed by atoms with van der Waals surface area (Å²) in [5.41, 5.74) is 0.766. The van der Waals surface area contributed by atoms with Gasteiger partial charge >= 0.3 is 10.8 Å². The van der Waals surface area contributed by atoms with Gasteiger partial charge in [0.15, 0.2) is 4.21 Å². The van der Waals surface area contributed by atoms with Crippen LogP contribution in [0.4, 0.5) is 5.69 Å². The molecule has 9 heteroatoms. The maximum atomic E-state index is 12.3. The molecule has 0 aliphatic heterocycles. The van der Waals surface area contributed by atoms with Crippen LogP contribution in [0.2, 0.25) is 0 Å². The van der Waals surface area contributed by atoms with Crippen molar-refractivity contribution in [2.45, 2.75) is 17.6 Å². The number of para-hydroxylation sites is 1. The van der Waals surface area contributed by atoms with Crippen molar-refractivity contribution in [2.24, 2.45) is 0 Å². The van der Waals surface area contributed by atoms with Gasteiger partial charge in [-0.1, -0.05) is 29.5 Å². The second-order valence-electron chi connectivity index (χ2n) is 4.26. The number of sulfonamides is 1. The first kappa shape index (κ1) is 15.3. The number of aromatic nitrogens is 1. The summed E-state index contributed by atoms with van der Waals surface area (Å²) in [5.74, 6) is -1.07. The predicted octanol–water partition coefficient (Wildman–Crippen LogP) is 1.17. The van der Waals surface area contributed by atoms with Crippen LogP contribution < -0.4 is 9.60 Å². The molecule has 2 rings (SSSR count). The van der Waals surface area contributed by atoms with Gasteiger partial charge in [-0.25, -0.2) is 8.42 Å². The Labute approximate surface area is 124 Å². The Morgan fingerprint density at radius 1 is 1.38 bits per heavy atom. The van der Waals surface area contributed by atoms with Crippen molar-refractivity contribution in [3.63, 3.8) is 0 Å². The van der Waals surface area contributed by atoms with Gasteiger partial charge in [-0.15, -0.1) is 0 Å². The number of H-pyrrole nitrogens is 1. The number of aromatic amines is 1. The molecule has 0 saturated carbocycles. The normalized spacial score (nSPS) is 11.3. The molecule has 0 unspecified atom stereocenters. The molecule has 21 heavy (non-hydrogen) atoms. The molecule has 0 radical (unpaired) electrons. The van der Waals surface area contributed by atoms with Crippen molar-refractivity contribution in [1.82, 2.24) is 4.98 Å². The number of benzene rings is 1. The smallest absolute Gasteiger partial charge is 0.307 e. The molecule has 1 aromatic heterocycles. The number of thiazole rings is 1. The van der Waals surface area contributed by atoms with Gasteiger partial charge in [0, 0.05) is 5.69 Å². The van der Waals surface area contributed by atoms with E-state index in [4.69, 9.17) is 5.11 Å². The van der Waals surface area contributed by atoms with E-state index in [2.05, 4.69) is 9.71 Å². The highest BCUT2D eigenvalue weighted by atomic mass is 32.2. The highest BCUT2D eigenvalue weighted by molar-refractivity contribution is 7.94. The minimum atomic E-state index is -3.94. The summed E-state index contributed by atoms with van der Waals surface area (Å²) in [6.45, 7) is 1.48. The number of hydrogen-bond donors (Lipinski definition) is 3. The molecule has 2 aromatic rings. The van der Waals surface area contributed by atoms with Crippen molar-refractivity contribution < 1.29 is 18.3 Å². The Kier molecular flexibility index (Phi) is 4.14. The van der Waals surface area contributed by atoms with E-state index in [9.17, 15) is 18.0 Å². The van der Waals surface area contributed by atoms with Crippen LogP contribution in [0.3, 0.4) is 0 Å². The van der Waals surface area contributed by atoms with Crippen LogP contribution >= 0.6 is 11.3 Å². The fourth-order valence-corrected chi connectivity index (χ4v) is 4.18. The third kappa shape index (κ3) is 3.50. The molecule has 7 nitrogen and oxygen atoms in total. The van der Waals surface area contributed by atoms with Crippen molar-refractivity contribution in [3.05, 3.63) is 45.2 Å². The van der Waals surface area contributed by atoms with E-state index in [-0.39, 0.29) is 22.0 Å². The zero-order valence-corrected chi connectivity index (χ0v) is 12.5. The number of carbonyl (C=O) groups is 1. The van der Waals surface area contributed by atoms with E-state index in [1.165, 1.54) is 19.1 Å². The Hall–Kier alpha value is -2.13. The zero-order valence-electron chi connectivity index (χ0n) is 10.9. The Balaban J connectivity index is 2.40. The van der Waals surface area contributed by atoms with Crippen LogP contribution in [-0.2, 0) is 21.2 Å². The number of rotatable bonds is 5. The molecule has 0 amide bonds. The molecule has 1 aromatic carbocycles. The first-order valence-electron chi connectivity index (χ1n) is 5.82. The van der Waals surface area contributed by atoms with Crippen molar-refractivity contribution in [2.75, 3.05) is 4.72 Å². The van der Waals surface area contributed by atoms with Crippen molar-refractivity contribution >= 4 is 33.0 Å². The molecule has 0 aliphatic rings. The number of aryl methyl sites for hydroxylation is 1. The number of carboxylic acid groups (broad SMARTS) is 1. The standard InChI is InChI=1S/C12H12N2O5S2/c1-7-11(20-12(17)13-7)21(18,19)14-9-5-3-2-4-8(9)6-10(15)16/h2-5,14H,6H2,1H3,(H,13,17)(H,15,16). The number of anilines is 1. The average Bonchev–Trinajstić information content (AvgIpc) is 2.71. The van der Waals surface area contributed by atoms with Crippen LogP contribution in [-0.4, -0.2) is 24.5 Å². The van der Waals surface area contributed by atoms with Crippen LogP contribution in [0.15, 0.2) is 33.3 Å². The summed E-state index contributed by atoms with van der Waals surface area (Å²) < 4.78 is 26.7. The minimum absolute atomic E-state index is 0.113. The molecule has 112 valence electrons. The molecular weight excluding hydrogens is 316 g/mol. The van der Waals surface area contributed by atoms with Gasteiger partial charge < -0.3 is 10.1 Å². The summed E-state index contributed by atoms with van der Waals surface area (Å²) in [7, 11) is -3.94. The van der Waals surface area contributed by atoms with E-state index in [1.54, 1.807) is 12.1 Å². The Morgan fingerprint density at radius 3 is 2.62 bits per heavy atom. The first-order chi connectivity index (χ1) is 9.79. The lowest BCUT2D eigenvalue weighted by Crippen LogP contribution is -2.15. The van der Waals surface area contributed by atoms with Crippen LogP contribution in [0, 0.1) is 6.92 Å². The van der Waals surface area contributed by atoms with Gasteiger partial charge in [-0.2, -0.15) is 0 Å². The van der Waals surface area contributed by atoms with Gasteiger partial charge in [0.2, 0.25) is 0 Å². The van der Waals surface area contributed by atoms with Crippen LogP contribution in [0.25, 0.3) is 0 Å². The number of nitrogens with one attached hydrogen (secondary N) is 2. The average molecular weight is 328 g/mol. The van der Waals surface area contributed by atoms with E-state index in [1.807, 2.05) is 0 Å². The lowest BCUT2D eigenvalue weighted by atomic mass is 10.1. The molecule has 0 aliphatic carbocycles. The molecule has 0 saturated heterocycles. The number of hydrogen-bond acceptors (Lipinski definition) is 5. The number of carboxylic acids is 1. The van der Waals surface area contributed by atoms with Crippen LogP contribution in [0.1, 0.15) is 11.3 Å². The molecule has 0 atom stereocenters. The topological polar surface area (TPSA) is 116 Å². The summed E-state index contributed by atoms with van der Waals surface area (Å²) in [6, 6.07) is 6.21. The Bertz CT molecular complexity index is 835. The lowest BCUT2D eigenvalue weighted by Gasteiger charge is -2.10. The summed E-state index contributed by atoms with van der Waals surface area (Å²) in [5, 5.41) is 8.83. The molecular formula is C12H12N2O5S2. The fraction of sp³-hybridized carbons (Fsp3) is 0.167. The molecule has 1 heterocycles. The van der Waals surface area contributed by atoms with E-state index in [0.717, 1.165) is 0 Å². The van der Waals surface area contributed by atoms with E-state index < -0.39 is 20.9 Å². The fourth-order valence-electron chi connectivity index (χ4n) is 1.77. The summed E-state index contributed by atoms with van der Waals surface area (Å²) in [4.78, 5) is 23.9. The summed E-state index contributed by atoms with van der Waals surface area (Å²) >= 11 is 0.582.